The zero-order chi connectivity index (χ0) is 17.1. The molecule has 0 bridgehead atoms. The van der Waals surface area contributed by atoms with Gasteiger partial charge in [0.1, 0.15) is 0 Å². The fourth-order valence-corrected chi connectivity index (χ4v) is 3.94. The zero-order valence-corrected chi connectivity index (χ0v) is 14.4. The Morgan fingerprint density at radius 3 is 2.64 bits per heavy atom. The molecule has 25 heavy (non-hydrogen) atoms. The lowest BCUT2D eigenvalue weighted by molar-refractivity contribution is 0.174. The zero-order valence-electron chi connectivity index (χ0n) is 14.4. The number of allylic oxidation sites excluding steroid dienone is 2. The molecule has 1 atom stereocenters. The van der Waals surface area contributed by atoms with E-state index in [2.05, 4.69) is 39.2 Å². The van der Waals surface area contributed by atoms with Gasteiger partial charge in [-0.05, 0) is 37.8 Å². The van der Waals surface area contributed by atoms with Crippen LogP contribution in [-0.4, -0.2) is 54.8 Å². The normalized spacial score (nSPS) is 25.8. The maximum absolute atomic E-state index is 9.43. The Morgan fingerprint density at radius 2 is 1.80 bits per heavy atom. The van der Waals surface area contributed by atoms with Crippen LogP contribution in [0, 0.1) is 0 Å². The molecule has 1 aromatic rings. The Bertz CT molecular complexity index is 666. The minimum absolute atomic E-state index is 0.258. The molecule has 1 N–H and O–H groups in total. The van der Waals surface area contributed by atoms with Crippen LogP contribution in [0.2, 0.25) is 0 Å². The van der Waals surface area contributed by atoms with Crippen molar-refractivity contribution in [3.8, 4) is 11.5 Å². The van der Waals surface area contributed by atoms with E-state index >= 15 is 0 Å². The number of nitrogens with zero attached hydrogens (tertiary/aromatic N) is 3. The van der Waals surface area contributed by atoms with Crippen molar-refractivity contribution in [1.82, 2.24) is 4.90 Å². The molecule has 2 aliphatic heterocycles. The molecule has 3 aliphatic rings. The van der Waals surface area contributed by atoms with Gasteiger partial charge in [-0.1, -0.05) is 17.3 Å². The molecule has 6 heteroatoms. The molecule has 1 saturated heterocycles. The summed E-state index contributed by atoms with van der Waals surface area (Å²) in [6.45, 7) is 4.19. The Labute approximate surface area is 148 Å². The van der Waals surface area contributed by atoms with Crippen molar-refractivity contribution < 1.29 is 14.7 Å². The maximum Gasteiger partial charge on any atom is 0.231 e. The van der Waals surface area contributed by atoms with Crippen LogP contribution in [0.25, 0.3) is 0 Å². The van der Waals surface area contributed by atoms with Crippen molar-refractivity contribution in [2.24, 2.45) is 5.16 Å². The number of piperazine rings is 1. The monoisotopic (exact) mass is 343 g/mol. The smallest absolute Gasteiger partial charge is 0.231 e. The van der Waals surface area contributed by atoms with E-state index in [1.165, 1.54) is 5.69 Å². The summed E-state index contributed by atoms with van der Waals surface area (Å²) in [5.74, 6) is 1.66. The van der Waals surface area contributed by atoms with E-state index in [1.807, 2.05) is 6.07 Å². The molecule has 4 rings (SSSR count). The van der Waals surface area contributed by atoms with Gasteiger partial charge in [-0.3, -0.25) is 4.90 Å². The number of oxime groups is 1. The third-order valence-electron chi connectivity index (χ3n) is 5.33. The van der Waals surface area contributed by atoms with Gasteiger partial charge >= 0.3 is 0 Å². The van der Waals surface area contributed by atoms with Crippen molar-refractivity contribution in [1.29, 1.82) is 0 Å². The maximum atomic E-state index is 9.43. The highest BCUT2D eigenvalue weighted by atomic mass is 16.7. The van der Waals surface area contributed by atoms with Crippen molar-refractivity contribution in [2.45, 2.75) is 31.7 Å². The highest BCUT2D eigenvalue weighted by Gasteiger charge is 2.28. The molecular weight excluding hydrogens is 318 g/mol. The van der Waals surface area contributed by atoms with E-state index in [-0.39, 0.29) is 6.04 Å². The highest BCUT2D eigenvalue weighted by Crippen LogP contribution is 2.35. The fourth-order valence-electron chi connectivity index (χ4n) is 3.94. The van der Waals surface area contributed by atoms with E-state index in [9.17, 15) is 5.21 Å². The first kappa shape index (κ1) is 16.3. The summed E-state index contributed by atoms with van der Waals surface area (Å²) >= 11 is 0. The number of anilines is 1. The molecule has 0 amide bonds. The van der Waals surface area contributed by atoms with Gasteiger partial charge < -0.3 is 19.6 Å². The Balaban J connectivity index is 1.41. The van der Waals surface area contributed by atoms with Crippen LogP contribution in [0.4, 0.5) is 5.69 Å². The van der Waals surface area contributed by atoms with Crippen LogP contribution < -0.4 is 14.4 Å². The summed E-state index contributed by atoms with van der Waals surface area (Å²) in [6.07, 6.45) is 8.34. The SMILES string of the molecule is O/N=C1/CCC=CCC[C@@H]1N1CCN(c2ccc3c(c2)OCO3)CC1. The number of fused-ring (bicyclic) bond motifs is 1. The lowest BCUT2D eigenvalue weighted by Gasteiger charge is -2.40. The molecule has 1 aromatic carbocycles. The molecule has 2 heterocycles. The van der Waals surface area contributed by atoms with Crippen molar-refractivity contribution >= 4 is 11.4 Å². The molecule has 0 aromatic heterocycles. The van der Waals surface area contributed by atoms with Crippen LogP contribution in [0.5, 0.6) is 11.5 Å². The first-order valence-electron chi connectivity index (χ1n) is 9.09. The first-order chi connectivity index (χ1) is 12.3. The average Bonchev–Trinajstić information content (AvgIpc) is 3.10. The van der Waals surface area contributed by atoms with Gasteiger partial charge in [0.15, 0.2) is 11.5 Å². The lowest BCUT2D eigenvalue weighted by Crippen LogP contribution is -2.52. The van der Waals surface area contributed by atoms with E-state index in [1.54, 1.807) is 0 Å². The van der Waals surface area contributed by atoms with Gasteiger partial charge in [-0.25, -0.2) is 0 Å². The van der Waals surface area contributed by atoms with Gasteiger partial charge in [0.2, 0.25) is 6.79 Å². The Morgan fingerprint density at radius 1 is 1.00 bits per heavy atom. The topological polar surface area (TPSA) is 57.5 Å². The first-order valence-corrected chi connectivity index (χ1v) is 9.09. The number of hydrogen-bond donors (Lipinski definition) is 1. The molecular formula is C19H25N3O3. The highest BCUT2D eigenvalue weighted by molar-refractivity contribution is 5.89. The molecule has 0 saturated carbocycles. The largest absolute Gasteiger partial charge is 0.454 e. The minimum Gasteiger partial charge on any atom is -0.454 e. The van der Waals surface area contributed by atoms with Crippen LogP contribution in [0.1, 0.15) is 25.7 Å². The summed E-state index contributed by atoms with van der Waals surface area (Å²) in [5.41, 5.74) is 2.11. The van der Waals surface area contributed by atoms with Crippen LogP contribution in [0.3, 0.4) is 0 Å². The van der Waals surface area contributed by atoms with E-state index in [0.29, 0.717) is 6.79 Å². The predicted octanol–water partition coefficient (Wildman–Crippen LogP) is 2.87. The Kier molecular flexibility index (Phi) is 4.78. The number of hydrogen-bond acceptors (Lipinski definition) is 6. The second-order valence-corrected chi connectivity index (χ2v) is 6.76. The lowest BCUT2D eigenvalue weighted by atomic mass is 9.96. The minimum atomic E-state index is 0.258. The Hall–Kier alpha value is -2.21. The second-order valence-electron chi connectivity index (χ2n) is 6.76. The van der Waals surface area contributed by atoms with Crippen LogP contribution in [-0.2, 0) is 0 Å². The summed E-state index contributed by atoms with van der Waals surface area (Å²) in [6, 6.07) is 6.42. The standard InChI is InChI=1S/C19H25N3O3/c23-20-16-5-3-1-2-4-6-17(16)22-11-9-21(10-12-22)15-7-8-18-19(13-15)25-14-24-18/h1-2,7-8,13,17,23H,3-6,9-12,14H2/b2-1?,20-16-/t17-/m0/s1. The molecule has 1 fully saturated rings. The third kappa shape index (κ3) is 3.44. The third-order valence-corrected chi connectivity index (χ3v) is 5.33. The summed E-state index contributed by atoms with van der Waals surface area (Å²) in [5, 5.41) is 13.0. The fraction of sp³-hybridized carbons (Fsp3) is 0.526. The second kappa shape index (κ2) is 7.35. The van der Waals surface area contributed by atoms with Crippen LogP contribution in [0.15, 0.2) is 35.5 Å². The summed E-state index contributed by atoms with van der Waals surface area (Å²) in [4.78, 5) is 4.86. The van der Waals surface area contributed by atoms with Crippen molar-refractivity contribution in [3.05, 3.63) is 30.4 Å². The number of rotatable bonds is 2. The molecule has 6 nitrogen and oxygen atoms in total. The molecule has 0 spiro atoms. The molecule has 134 valence electrons. The van der Waals surface area contributed by atoms with Gasteiger partial charge in [0.25, 0.3) is 0 Å². The van der Waals surface area contributed by atoms with E-state index < -0.39 is 0 Å². The quantitative estimate of drug-likeness (QED) is 0.508. The average molecular weight is 343 g/mol. The summed E-state index contributed by atoms with van der Waals surface area (Å²) < 4.78 is 10.9. The summed E-state index contributed by atoms with van der Waals surface area (Å²) in [7, 11) is 0. The van der Waals surface area contributed by atoms with Crippen LogP contribution >= 0.6 is 0 Å². The van der Waals surface area contributed by atoms with Gasteiger partial charge in [-0.15, -0.1) is 0 Å². The van der Waals surface area contributed by atoms with Crippen molar-refractivity contribution in [3.63, 3.8) is 0 Å². The van der Waals surface area contributed by atoms with Crippen molar-refractivity contribution in [2.75, 3.05) is 37.9 Å². The van der Waals surface area contributed by atoms with Gasteiger partial charge in [0, 0.05) is 37.9 Å². The molecule has 0 radical (unpaired) electrons. The van der Waals surface area contributed by atoms with E-state index in [4.69, 9.17) is 9.47 Å². The number of benzene rings is 1. The predicted molar refractivity (Wildman–Crippen MR) is 97.0 cm³/mol. The number of ether oxygens (including phenoxy) is 2. The molecule has 0 unspecified atom stereocenters. The van der Waals surface area contributed by atoms with Gasteiger partial charge in [0.05, 0.1) is 11.8 Å². The molecule has 1 aliphatic carbocycles. The van der Waals surface area contributed by atoms with Gasteiger partial charge in [-0.2, -0.15) is 0 Å². The van der Waals surface area contributed by atoms with E-state index in [0.717, 1.165) is 69.1 Å².